The molecular weight excluding hydrogens is 388 g/mol. The number of hydrogen-bond acceptors (Lipinski definition) is 5. The number of nitro groups is 1. The van der Waals surface area contributed by atoms with Crippen molar-refractivity contribution >= 4 is 17.5 Å². The Morgan fingerprint density at radius 2 is 1.97 bits per heavy atom. The predicted octanol–water partition coefficient (Wildman–Crippen LogP) is 1.14. The minimum atomic E-state index is -1.29. The molecule has 3 aromatic rings. The lowest BCUT2D eigenvalue weighted by atomic mass is 9.96. The van der Waals surface area contributed by atoms with E-state index in [-0.39, 0.29) is 23.9 Å². The fraction of sp³-hybridized carbons (Fsp3) is 0.200. The molecule has 2 aromatic heterocycles. The van der Waals surface area contributed by atoms with Crippen molar-refractivity contribution in [3.63, 3.8) is 0 Å². The summed E-state index contributed by atoms with van der Waals surface area (Å²) in [7, 11) is 0. The number of fused-ring (bicyclic) bond motifs is 2. The second-order valence-corrected chi connectivity index (χ2v) is 7.50. The highest BCUT2D eigenvalue weighted by molar-refractivity contribution is 5.95. The van der Waals surface area contributed by atoms with Crippen molar-refractivity contribution < 1.29 is 19.1 Å². The molecule has 1 saturated heterocycles. The van der Waals surface area contributed by atoms with E-state index >= 15 is 0 Å². The van der Waals surface area contributed by atoms with Crippen LogP contribution < -0.4 is 4.57 Å². The van der Waals surface area contributed by atoms with Crippen LogP contribution in [0.15, 0.2) is 61.2 Å². The van der Waals surface area contributed by atoms with Gasteiger partial charge in [0.2, 0.25) is 5.91 Å². The molecule has 6 rings (SSSR count). The fourth-order valence-corrected chi connectivity index (χ4v) is 5.01. The van der Waals surface area contributed by atoms with E-state index in [1.807, 2.05) is 0 Å². The second-order valence-electron chi connectivity index (χ2n) is 7.50. The van der Waals surface area contributed by atoms with E-state index in [0.717, 1.165) is 5.69 Å². The maximum atomic E-state index is 13.6. The molecule has 0 N–H and O–H groups in total. The molecule has 1 spiro atoms. The van der Waals surface area contributed by atoms with Crippen LogP contribution in [0.25, 0.3) is 0 Å². The van der Waals surface area contributed by atoms with E-state index in [2.05, 4.69) is 4.98 Å². The quantitative estimate of drug-likeness (QED) is 0.362. The molecule has 5 heterocycles. The van der Waals surface area contributed by atoms with Gasteiger partial charge in [-0.05, 0) is 6.07 Å². The van der Waals surface area contributed by atoms with E-state index in [0.29, 0.717) is 17.8 Å². The molecule has 148 valence electrons. The molecule has 2 amide bonds. The first-order chi connectivity index (χ1) is 14.5. The molecule has 0 aliphatic carbocycles. The van der Waals surface area contributed by atoms with Crippen LogP contribution in [0.2, 0.25) is 0 Å². The average molecular weight is 403 g/mol. The SMILES string of the molecule is O=C1CC(c2ccccc2[N+](=O)[O-])N2C(=O)c3cccc[n+]3C23N1Cc1cncn13. The Balaban J connectivity index is 1.67. The van der Waals surface area contributed by atoms with Crippen molar-refractivity contribution in [1.82, 2.24) is 19.4 Å². The van der Waals surface area contributed by atoms with Gasteiger partial charge >= 0.3 is 11.8 Å². The first-order valence-electron chi connectivity index (χ1n) is 9.45. The van der Waals surface area contributed by atoms with Crippen molar-refractivity contribution in [2.75, 3.05) is 0 Å². The fourth-order valence-electron chi connectivity index (χ4n) is 5.01. The molecule has 0 saturated carbocycles. The summed E-state index contributed by atoms with van der Waals surface area (Å²) in [5, 5.41) is 11.7. The molecule has 30 heavy (non-hydrogen) atoms. The van der Waals surface area contributed by atoms with E-state index in [1.165, 1.54) is 6.07 Å². The maximum Gasteiger partial charge on any atom is 0.427 e. The monoisotopic (exact) mass is 403 g/mol. The first kappa shape index (κ1) is 16.8. The number of hydrogen-bond donors (Lipinski definition) is 0. The van der Waals surface area contributed by atoms with Gasteiger partial charge in [-0.1, -0.05) is 18.2 Å². The number of carbonyl (C=O) groups excluding carboxylic acids is 2. The van der Waals surface area contributed by atoms with E-state index in [9.17, 15) is 19.7 Å². The van der Waals surface area contributed by atoms with E-state index in [4.69, 9.17) is 0 Å². The average Bonchev–Trinajstić information content (AvgIpc) is 3.41. The lowest BCUT2D eigenvalue weighted by Gasteiger charge is -2.44. The number of rotatable bonds is 2. The third-order valence-electron chi connectivity index (χ3n) is 6.14. The standard InChI is InChI=1S/C20H15N6O4/c27-18-9-17(14-5-1-2-6-15(14)26(29)30)25-19(28)16-7-3-4-8-22(16)20(25)23(18)11-13-10-21-12-24(13)20/h1-8,10,12,17H,9,11H2/q+1. The zero-order valence-corrected chi connectivity index (χ0v) is 15.6. The Morgan fingerprint density at radius 3 is 2.80 bits per heavy atom. The molecule has 10 heteroatoms. The number of nitro benzene ring substituents is 1. The van der Waals surface area contributed by atoms with Crippen molar-refractivity contribution in [1.29, 1.82) is 0 Å². The number of pyridine rings is 1. The van der Waals surface area contributed by atoms with E-state index < -0.39 is 16.9 Å². The van der Waals surface area contributed by atoms with Gasteiger partial charge in [0.1, 0.15) is 6.33 Å². The molecule has 2 unspecified atom stereocenters. The summed E-state index contributed by atoms with van der Waals surface area (Å²) in [4.78, 5) is 45.7. The number of para-hydroxylation sites is 1. The van der Waals surface area contributed by atoms with Crippen LogP contribution in [0.3, 0.4) is 0 Å². The third-order valence-corrected chi connectivity index (χ3v) is 6.14. The minimum Gasteiger partial charge on any atom is -0.274 e. The maximum absolute atomic E-state index is 13.6. The Morgan fingerprint density at radius 1 is 1.17 bits per heavy atom. The number of amides is 2. The Hall–Kier alpha value is -4.08. The summed E-state index contributed by atoms with van der Waals surface area (Å²) in [6.45, 7) is 0.299. The summed E-state index contributed by atoms with van der Waals surface area (Å²) in [5.74, 6) is -1.77. The second kappa shape index (κ2) is 5.50. The highest BCUT2D eigenvalue weighted by Crippen LogP contribution is 2.49. The van der Waals surface area contributed by atoms with E-state index in [1.54, 1.807) is 74.1 Å². The molecule has 3 aliphatic rings. The van der Waals surface area contributed by atoms with Gasteiger partial charge in [0, 0.05) is 18.2 Å². The number of benzene rings is 1. The van der Waals surface area contributed by atoms with Gasteiger partial charge in [0.05, 0.1) is 41.4 Å². The molecule has 0 radical (unpaired) electrons. The lowest BCUT2D eigenvalue weighted by molar-refractivity contribution is -0.802. The Labute approximate surface area is 169 Å². The number of nitrogens with zero attached hydrogens (tertiary/aromatic N) is 6. The van der Waals surface area contributed by atoms with Crippen LogP contribution in [0.1, 0.15) is 34.2 Å². The van der Waals surface area contributed by atoms with Gasteiger partial charge in [-0.15, -0.1) is 4.57 Å². The zero-order chi connectivity index (χ0) is 20.6. The topological polar surface area (TPSA) is 105 Å². The molecule has 0 bridgehead atoms. The highest BCUT2D eigenvalue weighted by atomic mass is 16.6. The number of aromatic nitrogens is 3. The van der Waals surface area contributed by atoms with Crippen LogP contribution >= 0.6 is 0 Å². The largest absolute Gasteiger partial charge is 0.427 e. The highest BCUT2D eigenvalue weighted by Gasteiger charge is 2.72. The van der Waals surface area contributed by atoms with Crippen molar-refractivity contribution in [2.45, 2.75) is 24.9 Å². The van der Waals surface area contributed by atoms with Gasteiger partial charge in [-0.2, -0.15) is 0 Å². The van der Waals surface area contributed by atoms with Gasteiger partial charge in [0.15, 0.2) is 6.20 Å². The molecule has 1 aromatic carbocycles. The molecule has 10 nitrogen and oxygen atoms in total. The zero-order valence-electron chi connectivity index (χ0n) is 15.6. The smallest absolute Gasteiger partial charge is 0.274 e. The third kappa shape index (κ3) is 1.78. The predicted molar refractivity (Wildman–Crippen MR) is 99.4 cm³/mol. The normalized spacial score (nSPS) is 23.8. The van der Waals surface area contributed by atoms with Gasteiger partial charge < -0.3 is 0 Å². The molecular formula is C20H15N6O4+. The van der Waals surface area contributed by atoms with Gasteiger partial charge in [0.25, 0.3) is 11.4 Å². The van der Waals surface area contributed by atoms with Crippen LogP contribution in [0.4, 0.5) is 5.69 Å². The van der Waals surface area contributed by atoms with Crippen molar-refractivity contribution in [2.24, 2.45) is 0 Å². The molecule has 2 atom stereocenters. The Kier molecular flexibility index (Phi) is 3.09. The Bertz CT molecular complexity index is 1270. The number of carbonyl (C=O) groups is 2. The molecule has 1 fully saturated rings. The summed E-state index contributed by atoms with van der Waals surface area (Å²) in [6, 6.07) is 10.7. The van der Waals surface area contributed by atoms with Crippen LogP contribution in [0.5, 0.6) is 0 Å². The lowest BCUT2D eigenvalue weighted by Crippen LogP contribution is -2.75. The minimum absolute atomic E-state index is 0.0366. The summed E-state index contributed by atoms with van der Waals surface area (Å²) >= 11 is 0. The summed E-state index contributed by atoms with van der Waals surface area (Å²) in [5.41, 5.74) is 1.41. The first-order valence-corrected chi connectivity index (χ1v) is 9.45. The summed E-state index contributed by atoms with van der Waals surface area (Å²) in [6.07, 6.45) is 4.99. The van der Waals surface area contributed by atoms with Crippen LogP contribution in [-0.4, -0.2) is 36.1 Å². The summed E-state index contributed by atoms with van der Waals surface area (Å²) < 4.78 is 3.56. The van der Waals surface area contributed by atoms with Crippen molar-refractivity contribution in [3.8, 4) is 0 Å². The molecule has 3 aliphatic heterocycles. The van der Waals surface area contributed by atoms with Crippen LogP contribution in [0, 0.1) is 10.1 Å². The van der Waals surface area contributed by atoms with Gasteiger partial charge in [-0.25, -0.2) is 19.4 Å². The van der Waals surface area contributed by atoms with Crippen LogP contribution in [-0.2, 0) is 17.3 Å². The van der Waals surface area contributed by atoms with Gasteiger partial charge in [-0.3, -0.25) is 19.7 Å². The number of imidazole rings is 1. The van der Waals surface area contributed by atoms with Crippen molar-refractivity contribution in [3.05, 3.63) is 88.3 Å².